The van der Waals surface area contributed by atoms with Crippen LogP contribution in [0.4, 0.5) is 4.79 Å². The highest BCUT2D eigenvalue weighted by Crippen LogP contribution is 2.48. The van der Waals surface area contributed by atoms with Crippen molar-refractivity contribution in [3.63, 3.8) is 0 Å². The second kappa shape index (κ2) is 8.21. The molecule has 1 saturated heterocycles. The van der Waals surface area contributed by atoms with Crippen LogP contribution in [0.2, 0.25) is 0 Å². The Kier molecular flexibility index (Phi) is 5.35. The first-order chi connectivity index (χ1) is 15.9. The molecule has 2 unspecified atom stereocenters. The van der Waals surface area contributed by atoms with E-state index in [1.54, 1.807) is 24.1 Å². The Balaban J connectivity index is 1.38. The molecule has 2 fully saturated rings. The Hall–Kier alpha value is -3.35. The molecule has 0 bridgehead atoms. The first-order valence-electron chi connectivity index (χ1n) is 11.5. The minimum absolute atomic E-state index is 0.0388. The van der Waals surface area contributed by atoms with Crippen LogP contribution in [-0.2, 0) is 32.9 Å². The van der Waals surface area contributed by atoms with E-state index in [1.165, 1.54) is 0 Å². The maximum atomic E-state index is 13.5. The zero-order chi connectivity index (χ0) is 23.2. The molecule has 0 radical (unpaired) electrons. The van der Waals surface area contributed by atoms with Gasteiger partial charge in [0.1, 0.15) is 12.3 Å². The molecular formula is C26H28N2O5. The van der Waals surface area contributed by atoms with Crippen molar-refractivity contribution < 1.29 is 23.9 Å². The van der Waals surface area contributed by atoms with Crippen LogP contribution in [0, 0.1) is 5.92 Å². The van der Waals surface area contributed by atoms with E-state index in [4.69, 9.17) is 9.47 Å². The summed E-state index contributed by atoms with van der Waals surface area (Å²) >= 11 is 0. The molecule has 3 aliphatic rings. The zero-order valence-corrected chi connectivity index (χ0v) is 19.0. The first-order valence-corrected chi connectivity index (χ1v) is 11.5. The molecule has 1 saturated carbocycles. The van der Waals surface area contributed by atoms with E-state index in [2.05, 4.69) is 0 Å². The van der Waals surface area contributed by atoms with Crippen LogP contribution in [0.5, 0.6) is 5.75 Å². The number of fused-ring (bicyclic) bond motifs is 2. The van der Waals surface area contributed by atoms with Gasteiger partial charge >= 0.3 is 6.09 Å². The summed E-state index contributed by atoms with van der Waals surface area (Å²) in [6.07, 6.45) is 2.34. The van der Waals surface area contributed by atoms with Gasteiger partial charge in [-0.05, 0) is 43.7 Å². The van der Waals surface area contributed by atoms with Gasteiger partial charge in [-0.2, -0.15) is 0 Å². The maximum absolute atomic E-state index is 13.5. The summed E-state index contributed by atoms with van der Waals surface area (Å²) in [6.45, 7) is 2.17. The van der Waals surface area contributed by atoms with Crippen LogP contribution in [0.25, 0.3) is 0 Å². The average molecular weight is 449 g/mol. The van der Waals surface area contributed by atoms with Crippen molar-refractivity contribution in [2.75, 3.05) is 13.7 Å². The average Bonchev–Trinajstić information content (AvgIpc) is 3.58. The fourth-order valence-corrected chi connectivity index (χ4v) is 5.14. The standard InChI is InChI=1S/C26H28N2O5/c1-17(19-11-12-19)27(15-18-7-4-3-5-8-18)23(29)16-28-24(30)26(33-25(28)31)14-13-20-21(26)9-6-10-22(20)32-2/h3-10,17,19H,11-16H2,1-2H3. The molecule has 1 heterocycles. The Morgan fingerprint density at radius 2 is 1.94 bits per heavy atom. The molecule has 2 aromatic carbocycles. The molecular weight excluding hydrogens is 420 g/mol. The molecule has 172 valence electrons. The summed E-state index contributed by atoms with van der Waals surface area (Å²) in [7, 11) is 1.58. The molecule has 0 N–H and O–H groups in total. The molecule has 0 aromatic heterocycles. The molecule has 2 atom stereocenters. The van der Waals surface area contributed by atoms with E-state index in [0.717, 1.165) is 28.9 Å². The maximum Gasteiger partial charge on any atom is 0.418 e. The molecule has 7 heteroatoms. The minimum atomic E-state index is -1.37. The Morgan fingerprint density at radius 1 is 1.18 bits per heavy atom. The van der Waals surface area contributed by atoms with Gasteiger partial charge < -0.3 is 14.4 Å². The lowest BCUT2D eigenvalue weighted by molar-refractivity contribution is -0.143. The highest BCUT2D eigenvalue weighted by Gasteiger charge is 2.59. The van der Waals surface area contributed by atoms with E-state index in [1.807, 2.05) is 43.3 Å². The number of nitrogens with zero attached hydrogens (tertiary/aromatic N) is 2. The highest BCUT2D eigenvalue weighted by atomic mass is 16.6. The number of methoxy groups -OCH3 is 1. The van der Waals surface area contributed by atoms with Crippen molar-refractivity contribution in [2.45, 2.75) is 50.8 Å². The third-order valence-corrected chi connectivity index (χ3v) is 7.19. The van der Waals surface area contributed by atoms with E-state index >= 15 is 0 Å². The Labute approximate surface area is 193 Å². The molecule has 1 spiro atoms. The summed E-state index contributed by atoms with van der Waals surface area (Å²) < 4.78 is 11.1. The number of ether oxygens (including phenoxy) is 2. The van der Waals surface area contributed by atoms with E-state index in [0.29, 0.717) is 36.6 Å². The minimum Gasteiger partial charge on any atom is -0.496 e. The van der Waals surface area contributed by atoms with E-state index in [9.17, 15) is 14.4 Å². The van der Waals surface area contributed by atoms with Gasteiger partial charge in [-0.1, -0.05) is 42.5 Å². The SMILES string of the molecule is COc1cccc2c1CCC21OC(=O)N(CC(=O)N(Cc2ccccc2)C(C)C2CC2)C1=O. The normalized spacial score (nSPS) is 22.3. The third-order valence-electron chi connectivity index (χ3n) is 7.19. The molecule has 2 aromatic rings. The van der Waals surface area contributed by atoms with Crippen molar-refractivity contribution in [3.8, 4) is 5.75 Å². The number of hydrogen-bond acceptors (Lipinski definition) is 5. The second-order valence-electron chi connectivity index (χ2n) is 9.16. The summed E-state index contributed by atoms with van der Waals surface area (Å²) in [6, 6.07) is 15.2. The van der Waals surface area contributed by atoms with Gasteiger partial charge in [-0.25, -0.2) is 9.69 Å². The fourth-order valence-electron chi connectivity index (χ4n) is 5.14. The summed E-state index contributed by atoms with van der Waals surface area (Å²) in [5.74, 6) is 0.422. The molecule has 2 aliphatic carbocycles. The van der Waals surface area contributed by atoms with E-state index in [-0.39, 0.29) is 18.5 Å². The van der Waals surface area contributed by atoms with E-state index < -0.39 is 17.6 Å². The van der Waals surface area contributed by atoms with Gasteiger partial charge in [0.15, 0.2) is 0 Å². The lowest BCUT2D eigenvalue weighted by Crippen LogP contribution is -2.47. The van der Waals surface area contributed by atoms with Gasteiger partial charge in [0.2, 0.25) is 11.5 Å². The molecule has 3 amide bonds. The fraction of sp³-hybridized carbons (Fsp3) is 0.423. The van der Waals surface area contributed by atoms with Crippen molar-refractivity contribution >= 4 is 17.9 Å². The number of carbonyl (C=O) groups excluding carboxylic acids is 3. The summed E-state index contributed by atoms with van der Waals surface area (Å²) in [5, 5.41) is 0. The summed E-state index contributed by atoms with van der Waals surface area (Å²) in [5.41, 5.74) is 1.18. The monoisotopic (exact) mass is 448 g/mol. The van der Waals surface area contributed by atoms with Crippen LogP contribution >= 0.6 is 0 Å². The molecule has 1 aliphatic heterocycles. The second-order valence-corrected chi connectivity index (χ2v) is 9.16. The third kappa shape index (κ3) is 3.65. The topological polar surface area (TPSA) is 76.2 Å². The molecule has 33 heavy (non-hydrogen) atoms. The Morgan fingerprint density at radius 3 is 2.64 bits per heavy atom. The first kappa shape index (κ1) is 21.5. The lowest BCUT2D eigenvalue weighted by atomic mass is 9.94. The zero-order valence-electron chi connectivity index (χ0n) is 19.0. The highest BCUT2D eigenvalue weighted by molar-refractivity contribution is 6.06. The lowest BCUT2D eigenvalue weighted by Gasteiger charge is -2.30. The van der Waals surface area contributed by atoms with Crippen LogP contribution < -0.4 is 4.74 Å². The van der Waals surface area contributed by atoms with Gasteiger partial charge in [-0.15, -0.1) is 0 Å². The molecule has 7 nitrogen and oxygen atoms in total. The van der Waals surface area contributed by atoms with Gasteiger partial charge in [0.25, 0.3) is 5.91 Å². The van der Waals surface area contributed by atoms with Gasteiger partial charge in [0, 0.05) is 30.1 Å². The predicted molar refractivity (Wildman–Crippen MR) is 120 cm³/mol. The number of imide groups is 1. The van der Waals surface area contributed by atoms with Crippen molar-refractivity contribution in [2.24, 2.45) is 5.92 Å². The number of benzene rings is 2. The number of hydrogen-bond donors (Lipinski definition) is 0. The van der Waals surface area contributed by atoms with Gasteiger partial charge in [0.05, 0.1) is 7.11 Å². The predicted octanol–water partition coefficient (Wildman–Crippen LogP) is 3.64. The molecule has 5 rings (SSSR count). The van der Waals surface area contributed by atoms with Crippen LogP contribution in [0.3, 0.4) is 0 Å². The van der Waals surface area contributed by atoms with Crippen molar-refractivity contribution in [3.05, 3.63) is 65.2 Å². The number of rotatable bonds is 7. The smallest absolute Gasteiger partial charge is 0.418 e. The van der Waals surface area contributed by atoms with Gasteiger partial charge in [-0.3, -0.25) is 9.59 Å². The van der Waals surface area contributed by atoms with Crippen LogP contribution in [0.15, 0.2) is 48.5 Å². The van der Waals surface area contributed by atoms with Crippen LogP contribution in [0.1, 0.15) is 42.9 Å². The quantitative estimate of drug-likeness (QED) is 0.646. The van der Waals surface area contributed by atoms with Crippen molar-refractivity contribution in [1.29, 1.82) is 0 Å². The Bertz CT molecular complexity index is 1100. The van der Waals surface area contributed by atoms with Crippen LogP contribution in [-0.4, -0.2) is 47.4 Å². The number of carbonyl (C=O) groups is 3. The number of amides is 3. The van der Waals surface area contributed by atoms with Crippen molar-refractivity contribution in [1.82, 2.24) is 9.80 Å². The summed E-state index contributed by atoms with van der Waals surface area (Å²) in [4.78, 5) is 42.5. The largest absolute Gasteiger partial charge is 0.496 e.